The van der Waals surface area contributed by atoms with Gasteiger partial charge in [0.1, 0.15) is 5.75 Å². The first-order valence-corrected chi connectivity index (χ1v) is 7.01. The average molecular weight is 295 g/mol. The minimum Gasteiger partial charge on any atom is -0.507 e. The molecule has 2 nitrogen and oxygen atoms in total. The Hall–Kier alpha value is -1.75. The van der Waals surface area contributed by atoms with Crippen molar-refractivity contribution in [3.05, 3.63) is 53.6 Å². The Bertz CT molecular complexity index is 590. The van der Waals surface area contributed by atoms with E-state index in [9.17, 15) is 13.9 Å². The molecule has 20 heavy (non-hydrogen) atoms. The number of nitrogens with one attached hydrogen (secondary N) is 1. The molecular formula is C15H15F2NOS. The fourth-order valence-corrected chi connectivity index (χ4v) is 2.48. The number of rotatable bonds is 5. The predicted molar refractivity (Wildman–Crippen MR) is 78.5 cm³/mol. The summed E-state index contributed by atoms with van der Waals surface area (Å²) in [5.74, 6) is -2.22. The number of aromatic hydroxyl groups is 1. The number of hydrogen-bond donors (Lipinski definition) is 2. The van der Waals surface area contributed by atoms with Crippen molar-refractivity contribution in [1.29, 1.82) is 0 Å². The van der Waals surface area contributed by atoms with E-state index in [0.29, 0.717) is 28.9 Å². The van der Waals surface area contributed by atoms with Gasteiger partial charge in [0, 0.05) is 22.7 Å². The number of thioether (sulfide) groups is 1. The zero-order valence-corrected chi connectivity index (χ0v) is 11.8. The molecule has 106 valence electrons. The molecule has 2 aromatic carbocycles. The van der Waals surface area contributed by atoms with E-state index in [1.807, 2.05) is 19.1 Å². The molecule has 0 atom stereocenters. The van der Waals surface area contributed by atoms with Gasteiger partial charge in [-0.05, 0) is 24.6 Å². The zero-order chi connectivity index (χ0) is 14.5. The van der Waals surface area contributed by atoms with Gasteiger partial charge in [0.25, 0.3) is 5.76 Å². The van der Waals surface area contributed by atoms with Gasteiger partial charge in [0.05, 0.1) is 0 Å². The second kappa shape index (κ2) is 6.61. The van der Waals surface area contributed by atoms with Crippen LogP contribution < -0.4 is 5.32 Å². The van der Waals surface area contributed by atoms with Crippen LogP contribution in [0.15, 0.2) is 47.4 Å². The summed E-state index contributed by atoms with van der Waals surface area (Å²) in [6.07, 6.45) is 0. The first-order valence-electron chi connectivity index (χ1n) is 6.13. The molecule has 0 fully saturated rings. The van der Waals surface area contributed by atoms with Gasteiger partial charge in [-0.2, -0.15) is 8.78 Å². The highest BCUT2D eigenvalue weighted by Gasteiger charge is 2.10. The number of para-hydroxylation sites is 2. The van der Waals surface area contributed by atoms with Crippen molar-refractivity contribution in [3.63, 3.8) is 0 Å². The number of halogens is 2. The summed E-state index contributed by atoms with van der Waals surface area (Å²) >= 11 is 0.509. The lowest BCUT2D eigenvalue weighted by atomic mass is 10.1. The molecule has 0 aliphatic rings. The van der Waals surface area contributed by atoms with Gasteiger partial charge in [0.15, 0.2) is 0 Å². The summed E-state index contributed by atoms with van der Waals surface area (Å²) in [6, 6.07) is 12.4. The second-order valence-corrected chi connectivity index (χ2v) is 5.34. The van der Waals surface area contributed by atoms with Crippen molar-refractivity contribution >= 4 is 17.4 Å². The molecule has 5 heteroatoms. The molecule has 2 aromatic rings. The number of anilines is 1. The van der Waals surface area contributed by atoms with E-state index in [0.717, 1.165) is 11.1 Å². The molecule has 0 aromatic heterocycles. The Labute approximate surface area is 120 Å². The van der Waals surface area contributed by atoms with Crippen molar-refractivity contribution in [3.8, 4) is 5.75 Å². The lowest BCUT2D eigenvalue weighted by molar-refractivity contribution is 0.252. The molecule has 0 saturated heterocycles. The van der Waals surface area contributed by atoms with Crippen LogP contribution in [0.5, 0.6) is 5.75 Å². The van der Waals surface area contributed by atoms with Crippen molar-refractivity contribution in [2.75, 3.05) is 5.32 Å². The highest BCUT2D eigenvalue weighted by Crippen LogP contribution is 2.32. The number of alkyl halides is 2. The highest BCUT2D eigenvalue weighted by molar-refractivity contribution is 7.99. The third kappa shape index (κ3) is 3.63. The summed E-state index contributed by atoms with van der Waals surface area (Å²) in [6.45, 7) is 2.20. The number of phenols is 1. The van der Waals surface area contributed by atoms with Gasteiger partial charge in [0.2, 0.25) is 0 Å². The molecular weight excluding hydrogens is 280 g/mol. The summed E-state index contributed by atoms with van der Waals surface area (Å²) in [4.78, 5) is 0.495. The molecule has 2 N–H and O–H groups in total. The molecule has 0 heterocycles. The molecule has 0 bridgehead atoms. The maximum atomic E-state index is 12.5. The van der Waals surface area contributed by atoms with Gasteiger partial charge in [-0.15, -0.1) is 0 Å². The fourth-order valence-electron chi connectivity index (χ4n) is 1.86. The number of benzene rings is 2. The fraction of sp³-hybridized carbons (Fsp3) is 0.200. The SMILES string of the molecule is Cc1cccc(CNc2ccccc2SC(F)F)c1O. The van der Waals surface area contributed by atoms with E-state index in [2.05, 4.69) is 5.32 Å². The average Bonchev–Trinajstić information content (AvgIpc) is 2.41. The van der Waals surface area contributed by atoms with Gasteiger partial charge in [-0.3, -0.25) is 0 Å². The van der Waals surface area contributed by atoms with Gasteiger partial charge in [-0.1, -0.05) is 42.1 Å². The van der Waals surface area contributed by atoms with Crippen LogP contribution in [0.3, 0.4) is 0 Å². The molecule has 0 aliphatic heterocycles. The third-order valence-electron chi connectivity index (χ3n) is 2.89. The van der Waals surface area contributed by atoms with E-state index >= 15 is 0 Å². The Morgan fingerprint density at radius 2 is 1.90 bits per heavy atom. The normalized spacial score (nSPS) is 10.8. The number of aryl methyl sites for hydroxylation is 1. The topological polar surface area (TPSA) is 32.3 Å². The quantitative estimate of drug-likeness (QED) is 0.789. The summed E-state index contributed by atoms with van der Waals surface area (Å²) in [5, 5.41) is 13.0. The Balaban J connectivity index is 2.13. The molecule has 0 radical (unpaired) electrons. The first kappa shape index (κ1) is 14.7. The summed E-state index contributed by atoms with van der Waals surface area (Å²) < 4.78 is 25.0. The highest BCUT2D eigenvalue weighted by atomic mass is 32.2. The molecule has 0 aliphatic carbocycles. The van der Waals surface area contributed by atoms with Crippen molar-refractivity contribution in [2.24, 2.45) is 0 Å². The van der Waals surface area contributed by atoms with Crippen LogP contribution in [0, 0.1) is 6.92 Å². The monoisotopic (exact) mass is 295 g/mol. The molecule has 2 rings (SSSR count). The van der Waals surface area contributed by atoms with Crippen LogP contribution in [-0.4, -0.2) is 10.9 Å². The van der Waals surface area contributed by atoms with E-state index in [-0.39, 0.29) is 5.75 Å². The van der Waals surface area contributed by atoms with Crippen LogP contribution in [0.2, 0.25) is 0 Å². The van der Waals surface area contributed by atoms with Gasteiger partial charge < -0.3 is 10.4 Å². The van der Waals surface area contributed by atoms with Crippen LogP contribution in [0.25, 0.3) is 0 Å². The van der Waals surface area contributed by atoms with Crippen LogP contribution in [-0.2, 0) is 6.54 Å². The van der Waals surface area contributed by atoms with Crippen molar-refractivity contribution < 1.29 is 13.9 Å². The minimum atomic E-state index is -2.45. The van der Waals surface area contributed by atoms with Crippen LogP contribution in [0.1, 0.15) is 11.1 Å². The van der Waals surface area contributed by atoms with Crippen molar-refractivity contribution in [2.45, 2.75) is 24.1 Å². The lowest BCUT2D eigenvalue weighted by Crippen LogP contribution is -2.01. The largest absolute Gasteiger partial charge is 0.507 e. The maximum Gasteiger partial charge on any atom is 0.288 e. The summed E-state index contributed by atoms with van der Waals surface area (Å²) in [7, 11) is 0. The van der Waals surface area contributed by atoms with E-state index in [1.54, 1.807) is 30.3 Å². The number of hydrogen-bond acceptors (Lipinski definition) is 3. The predicted octanol–water partition coefficient (Wildman–Crippen LogP) is 4.63. The molecule has 0 amide bonds. The molecule has 0 unspecified atom stereocenters. The molecule has 0 saturated carbocycles. The smallest absolute Gasteiger partial charge is 0.288 e. The summed E-state index contributed by atoms with van der Waals surface area (Å²) in [5.41, 5.74) is 2.17. The maximum absolute atomic E-state index is 12.5. The molecule has 0 spiro atoms. The van der Waals surface area contributed by atoms with E-state index in [1.165, 1.54) is 0 Å². The van der Waals surface area contributed by atoms with E-state index < -0.39 is 5.76 Å². The Kier molecular flexibility index (Phi) is 4.84. The van der Waals surface area contributed by atoms with Gasteiger partial charge >= 0.3 is 0 Å². The second-order valence-electron chi connectivity index (χ2n) is 4.31. The first-order chi connectivity index (χ1) is 9.58. The minimum absolute atomic E-state index is 0.235. The van der Waals surface area contributed by atoms with Gasteiger partial charge in [-0.25, -0.2) is 0 Å². The number of phenolic OH excluding ortho intramolecular Hbond substituents is 1. The zero-order valence-electron chi connectivity index (χ0n) is 10.9. The van der Waals surface area contributed by atoms with Crippen LogP contribution in [0.4, 0.5) is 14.5 Å². The standard InChI is InChI=1S/C15H15F2NOS/c1-10-5-4-6-11(14(10)19)9-18-12-7-2-3-8-13(12)20-15(16)17/h2-8,15,18-19H,9H2,1H3. The Morgan fingerprint density at radius 1 is 1.15 bits per heavy atom. The van der Waals surface area contributed by atoms with Crippen molar-refractivity contribution in [1.82, 2.24) is 0 Å². The van der Waals surface area contributed by atoms with Crippen LogP contribution >= 0.6 is 11.8 Å². The third-order valence-corrected chi connectivity index (χ3v) is 3.68. The Morgan fingerprint density at radius 3 is 2.65 bits per heavy atom. The lowest BCUT2D eigenvalue weighted by Gasteiger charge is -2.13. The van der Waals surface area contributed by atoms with E-state index in [4.69, 9.17) is 0 Å².